The van der Waals surface area contributed by atoms with Gasteiger partial charge in [-0.2, -0.15) is 0 Å². The number of anilines is 1. The van der Waals surface area contributed by atoms with E-state index in [1.807, 2.05) is 18.2 Å². The zero-order valence-electron chi connectivity index (χ0n) is 15.5. The highest BCUT2D eigenvalue weighted by molar-refractivity contribution is 7.90. The molecule has 1 saturated heterocycles. The zero-order valence-corrected chi connectivity index (χ0v) is 16.3. The first-order valence-electron chi connectivity index (χ1n) is 9.59. The number of amides is 1. The zero-order chi connectivity index (χ0) is 19.7. The quantitative estimate of drug-likeness (QED) is 0.830. The lowest BCUT2D eigenvalue weighted by molar-refractivity contribution is -0.120. The molecule has 1 aliphatic heterocycles. The van der Waals surface area contributed by atoms with Gasteiger partial charge in [-0.15, -0.1) is 0 Å². The number of hydrogen-bond donors (Lipinski definition) is 1. The van der Waals surface area contributed by atoms with Crippen LogP contribution in [0, 0.1) is 11.7 Å². The number of halogens is 1. The molecule has 0 aromatic heterocycles. The summed E-state index contributed by atoms with van der Waals surface area (Å²) in [5.41, 5.74) is 2.38. The van der Waals surface area contributed by atoms with Gasteiger partial charge in [-0.1, -0.05) is 24.3 Å². The van der Waals surface area contributed by atoms with Crippen molar-refractivity contribution in [3.63, 3.8) is 0 Å². The minimum Gasteiger partial charge on any atom is -0.326 e. The molecular formula is C21H23FN2O3S. The largest absolute Gasteiger partial charge is 0.326 e. The van der Waals surface area contributed by atoms with Crippen LogP contribution in [0.15, 0.2) is 48.5 Å². The fourth-order valence-corrected chi connectivity index (χ4v) is 5.55. The molecule has 2 aliphatic rings. The van der Waals surface area contributed by atoms with Crippen LogP contribution >= 0.6 is 0 Å². The second-order valence-corrected chi connectivity index (χ2v) is 9.73. The van der Waals surface area contributed by atoms with E-state index >= 15 is 0 Å². The standard InChI is InChI=1S/C21H23FN2O3S/c22-18-8-6-15(7-9-18)16-3-1-5-19(13-16)23-21(25)17-4-2-12-24(14-17)28(26,27)20-10-11-20/h1,3,5-9,13,17,20H,2,4,10-12,14H2,(H,23,25). The van der Waals surface area contributed by atoms with Crippen molar-refractivity contribution in [1.29, 1.82) is 0 Å². The Morgan fingerprint density at radius 2 is 1.79 bits per heavy atom. The molecule has 1 heterocycles. The molecule has 1 unspecified atom stereocenters. The summed E-state index contributed by atoms with van der Waals surface area (Å²) in [7, 11) is -3.25. The van der Waals surface area contributed by atoms with E-state index in [-0.39, 0.29) is 29.4 Å². The number of piperidine rings is 1. The van der Waals surface area contributed by atoms with E-state index < -0.39 is 10.0 Å². The van der Waals surface area contributed by atoms with Crippen LogP contribution in [0.3, 0.4) is 0 Å². The molecule has 148 valence electrons. The Kier molecular flexibility index (Phi) is 5.21. The summed E-state index contributed by atoms with van der Waals surface area (Å²) in [5, 5.41) is 2.67. The summed E-state index contributed by atoms with van der Waals surface area (Å²) >= 11 is 0. The van der Waals surface area contributed by atoms with Gasteiger partial charge in [-0.05, 0) is 61.1 Å². The first kappa shape index (κ1) is 19.1. The van der Waals surface area contributed by atoms with Crippen molar-refractivity contribution >= 4 is 21.6 Å². The van der Waals surface area contributed by atoms with Gasteiger partial charge in [-0.3, -0.25) is 4.79 Å². The van der Waals surface area contributed by atoms with Crippen LogP contribution in [0.4, 0.5) is 10.1 Å². The van der Waals surface area contributed by atoms with Crippen molar-refractivity contribution in [2.75, 3.05) is 18.4 Å². The highest BCUT2D eigenvalue weighted by atomic mass is 32.2. The van der Waals surface area contributed by atoms with Gasteiger partial charge in [0.2, 0.25) is 15.9 Å². The van der Waals surface area contributed by atoms with Crippen molar-refractivity contribution in [3.8, 4) is 11.1 Å². The smallest absolute Gasteiger partial charge is 0.228 e. The lowest BCUT2D eigenvalue weighted by Gasteiger charge is -2.31. The van der Waals surface area contributed by atoms with Crippen LogP contribution in [-0.4, -0.2) is 37.0 Å². The van der Waals surface area contributed by atoms with Gasteiger partial charge in [0.1, 0.15) is 5.82 Å². The summed E-state index contributed by atoms with van der Waals surface area (Å²) in [5.74, 6) is -0.806. The van der Waals surface area contributed by atoms with Crippen molar-refractivity contribution in [2.24, 2.45) is 5.92 Å². The summed E-state index contributed by atoms with van der Waals surface area (Å²) in [6.07, 6.45) is 2.83. The van der Waals surface area contributed by atoms with Crippen molar-refractivity contribution in [1.82, 2.24) is 4.31 Å². The topological polar surface area (TPSA) is 66.5 Å². The highest BCUT2D eigenvalue weighted by Gasteiger charge is 2.42. The van der Waals surface area contributed by atoms with E-state index in [1.165, 1.54) is 16.4 Å². The molecule has 7 heteroatoms. The summed E-state index contributed by atoms with van der Waals surface area (Å²) in [4.78, 5) is 12.7. The Morgan fingerprint density at radius 3 is 2.50 bits per heavy atom. The summed E-state index contributed by atoms with van der Waals surface area (Å²) in [6, 6.07) is 13.6. The van der Waals surface area contributed by atoms with Gasteiger partial charge in [0, 0.05) is 18.8 Å². The Morgan fingerprint density at radius 1 is 1.04 bits per heavy atom. The molecule has 1 aliphatic carbocycles. The molecule has 1 N–H and O–H groups in total. The van der Waals surface area contributed by atoms with Gasteiger partial charge in [-0.25, -0.2) is 17.1 Å². The minimum atomic E-state index is -3.25. The minimum absolute atomic E-state index is 0.160. The van der Waals surface area contributed by atoms with E-state index in [4.69, 9.17) is 0 Å². The third-order valence-corrected chi connectivity index (χ3v) is 7.73. The van der Waals surface area contributed by atoms with Gasteiger partial charge >= 0.3 is 0 Å². The van der Waals surface area contributed by atoms with E-state index in [9.17, 15) is 17.6 Å². The van der Waals surface area contributed by atoms with Crippen LogP contribution < -0.4 is 5.32 Å². The van der Waals surface area contributed by atoms with Crippen molar-refractivity contribution in [3.05, 3.63) is 54.3 Å². The van der Waals surface area contributed by atoms with E-state index in [2.05, 4.69) is 5.32 Å². The number of nitrogens with one attached hydrogen (secondary N) is 1. The normalized spacial score (nSPS) is 20.7. The molecule has 2 fully saturated rings. The third kappa shape index (κ3) is 4.10. The molecule has 0 radical (unpaired) electrons. The molecular weight excluding hydrogens is 379 g/mol. The van der Waals surface area contributed by atoms with E-state index in [1.54, 1.807) is 18.2 Å². The maximum atomic E-state index is 13.1. The van der Waals surface area contributed by atoms with Crippen LogP contribution in [0.2, 0.25) is 0 Å². The average Bonchev–Trinajstić information content (AvgIpc) is 3.55. The Bertz CT molecular complexity index is 971. The maximum Gasteiger partial charge on any atom is 0.228 e. The molecule has 0 bridgehead atoms. The number of sulfonamides is 1. The SMILES string of the molecule is O=C(Nc1cccc(-c2ccc(F)cc2)c1)C1CCCN(S(=O)(=O)C2CC2)C1. The summed E-state index contributed by atoms with van der Waals surface area (Å²) < 4.78 is 39.6. The van der Waals surface area contributed by atoms with Gasteiger partial charge < -0.3 is 5.32 Å². The summed E-state index contributed by atoms with van der Waals surface area (Å²) in [6.45, 7) is 0.755. The Balaban J connectivity index is 1.44. The van der Waals surface area contributed by atoms with Crippen LogP contribution in [0.25, 0.3) is 11.1 Å². The lowest BCUT2D eigenvalue weighted by Crippen LogP contribution is -2.44. The predicted molar refractivity (Wildman–Crippen MR) is 107 cm³/mol. The van der Waals surface area contributed by atoms with Crippen LogP contribution in [0.5, 0.6) is 0 Å². The van der Waals surface area contributed by atoms with Gasteiger partial charge in [0.25, 0.3) is 0 Å². The molecule has 1 amide bonds. The van der Waals surface area contributed by atoms with Crippen LogP contribution in [0.1, 0.15) is 25.7 Å². The molecule has 4 rings (SSSR count). The molecule has 0 spiro atoms. The van der Waals surface area contributed by atoms with Gasteiger partial charge in [0.15, 0.2) is 0 Å². The molecule has 1 atom stereocenters. The number of benzene rings is 2. The highest BCUT2D eigenvalue weighted by Crippen LogP contribution is 2.33. The second kappa shape index (κ2) is 7.64. The Labute approximate surface area is 164 Å². The van der Waals surface area contributed by atoms with Crippen molar-refractivity contribution < 1.29 is 17.6 Å². The first-order chi connectivity index (χ1) is 13.4. The molecule has 5 nitrogen and oxygen atoms in total. The van der Waals surface area contributed by atoms with E-state index in [0.29, 0.717) is 25.1 Å². The predicted octanol–water partition coefficient (Wildman–Crippen LogP) is 3.64. The van der Waals surface area contributed by atoms with Gasteiger partial charge in [0.05, 0.1) is 11.2 Å². The molecule has 28 heavy (non-hydrogen) atoms. The third-order valence-electron chi connectivity index (χ3n) is 5.37. The molecule has 2 aromatic rings. The number of carbonyl (C=O) groups is 1. The van der Waals surface area contributed by atoms with Crippen LogP contribution in [-0.2, 0) is 14.8 Å². The monoisotopic (exact) mass is 402 g/mol. The number of hydrogen-bond acceptors (Lipinski definition) is 3. The first-order valence-corrected chi connectivity index (χ1v) is 11.1. The average molecular weight is 402 g/mol. The molecule has 2 aromatic carbocycles. The lowest BCUT2D eigenvalue weighted by atomic mass is 9.98. The number of carbonyl (C=O) groups excluding carboxylic acids is 1. The fourth-order valence-electron chi connectivity index (χ4n) is 3.63. The van der Waals surface area contributed by atoms with E-state index in [0.717, 1.165) is 24.0 Å². The van der Waals surface area contributed by atoms with Crippen molar-refractivity contribution in [2.45, 2.75) is 30.9 Å². The fraction of sp³-hybridized carbons (Fsp3) is 0.381. The Hall–Kier alpha value is -2.25. The molecule has 1 saturated carbocycles. The number of rotatable bonds is 5. The number of nitrogens with zero attached hydrogens (tertiary/aromatic N) is 1. The maximum absolute atomic E-state index is 13.1. The second-order valence-electron chi connectivity index (χ2n) is 7.52.